The van der Waals surface area contributed by atoms with Crippen LogP contribution < -0.4 is 4.90 Å². The van der Waals surface area contributed by atoms with Gasteiger partial charge < -0.3 is 9.47 Å². The molecule has 2 aromatic heterocycles. The number of hydrogen-bond donors (Lipinski definition) is 0. The van der Waals surface area contributed by atoms with Crippen LogP contribution in [0.3, 0.4) is 0 Å². The topological polar surface area (TPSA) is 8.17 Å². The standard InChI is InChI=1S/C61H40N2S/c1-37-25-31-55-48(33-37)49-34-38(2)35-53-59(49)63(55)56-32-28-41(36-52(56)61(53)50-20-8-5-16-44(50)45-17-6-9-21-51(45)61)39-26-29-42(30-27-39)62(54-22-11-14-40-13-3-4-15-43(40)54)57-23-12-19-47-46-18-7-10-24-58(46)64-60(47)57/h3-36H,1-2H3. The fraction of sp³-hybridized carbons (Fsp3) is 0.0492. The molecule has 300 valence electrons. The van der Waals surface area contributed by atoms with Crippen LogP contribution in [0.2, 0.25) is 0 Å². The highest BCUT2D eigenvalue weighted by atomic mass is 32.1. The van der Waals surface area contributed by atoms with Gasteiger partial charge in [-0.25, -0.2) is 0 Å². The monoisotopic (exact) mass is 832 g/mol. The van der Waals surface area contributed by atoms with Crippen LogP contribution in [0.1, 0.15) is 33.4 Å². The van der Waals surface area contributed by atoms with Crippen molar-refractivity contribution in [2.75, 3.05) is 4.90 Å². The van der Waals surface area contributed by atoms with Gasteiger partial charge in [-0.15, -0.1) is 11.3 Å². The van der Waals surface area contributed by atoms with E-state index in [1.807, 2.05) is 11.3 Å². The third kappa shape index (κ3) is 4.74. The maximum absolute atomic E-state index is 2.56. The molecule has 0 fully saturated rings. The normalized spacial score (nSPS) is 13.3. The number of hydrogen-bond acceptors (Lipinski definition) is 2. The van der Waals surface area contributed by atoms with Crippen LogP contribution in [0.4, 0.5) is 17.1 Å². The Labute approximate surface area is 375 Å². The van der Waals surface area contributed by atoms with Gasteiger partial charge in [-0.1, -0.05) is 157 Å². The van der Waals surface area contributed by atoms with E-state index in [2.05, 4.69) is 230 Å². The highest BCUT2D eigenvalue weighted by Crippen LogP contribution is 2.61. The molecule has 1 aliphatic heterocycles. The smallest absolute Gasteiger partial charge is 0.0754 e. The Morgan fingerprint density at radius 1 is 0.438 bits per heavy atom. The molecule has 14 rings (SSSR count). The number of aryl methyl sites for hydroxylation is 2. The molecule has 0 atom stereocenters. The molecule has 0 bridgehead atoms. The number of fused-ring (bicyclic) bond motifs is 16. The van der Waals surface area contributed by atoms with Crippen LogP contribution in [0.15, 0.2) is 206 Å². The zero-order valence-corrected chi connectivity index (χ0v) is 36.2. The van der Waals surface area contributed by atoms with Crippen LogP contribution in [0, 0.1) is 13.8 Å². The van der Waals surface area contributed by atoms with Crippen molar-refractivity contribution in [1.82, 2.24) is 4.57 Å². The van der Waals surface area contributed by atoms with Crippen LogP contribution in [0.25, 0.3) is 80.7 Å². The molecule has 0 radical (unpaired) electrons. The van der Waals surface area contributed by atoms with Crippen molar-refractivity contribution >= 4 is 81.1 Å². The molecular formula is C61H40N2S. The van der Waals surface area contributed by atoms with Crippen LogP contribution >= 0.6 is 11.3 Å². The van der Waals surface area contributed by atoms with Crippen molar-refractivity contribution in [3.63, 3.8) is 0 Å². The van der Waals surface area contributed by atoms with Gasteiger partial charge in [0, 0.05) is 37.3 Å². The Morgan fingerprint density at radius 3 is 1.92 bits per heavy atom. The van der Waals surface area contributed by atoms with Crippen LogP contribution in [0.5, 0.6) is 0 Å². The van der Waals surface area contributed by atoms with Crippen molar-refractivity contribution in [3.05, 3.63) is 240 Å². The van der Waals surface area contributed by atoms with Gasteiger partial charge in [-0.3, -0.25) is 0 Å². The maximum Gasteiger partial charge on any atom is 0.0754 e. The van der Waals surface area contributed by atoms with E-state index in [9.17, 15) is 0 Å². The Morgan fingerprint density at radius 2 is 1.09 bits per heavy atom. The fourth-order valence-electron chi connectivity index (χ4n) is 11.6. The number of aromatic nitrogens is 1. The number of rotatable bonds is 4. The van der Waals surface area contributed by atoms with E-state index in [-0.39, 0.29) is 0 Å². The average Bonchev–Trinajstić information content (AvgIpc) is 3.98. The summed E-state index contributed by atoms with van der Waals surface area (Å²) in [7, 11) is 0. The van der Waals surface area contributed by atoms with Gasteiger partial charge in [0.1, 0.15) is 0 Å². The van der Waals surface area contributed by atoms with Gasteiger partial charge in [0.25, 0.3) is 0 Å². The van der Waals surface area contributed by atoms with Crippen molar-refractivity contribution in [2.45, 2.75) is 19.3 Å². The molecule has 0 saturated carbocycles. The van der Waals surface area contributed by atoms with Gasteiger partial charge in [0.2, 0.25) is 0 Å². The summed E-state index contributed by atoms with van der Waals surface area (Å²) in [5.74, 6) is 0. The van der Waals surface area contributed by atoms with Gasteiger partial charge >= 0.3 is 0 Å². The molecular weight excluding hydrogens is 793 g/mol. The molecule has 1 aliphatic carbocycles. The lowest BCUT2D eigenvalue weighted by atomic mass is 9.65. The van der Waals surface area contributed by atoms with Crippen LogP contribution in [-0.2, 0) is 5.41 Å². The predicted octanol–water partition coefficient (Wildman–Crippen LogP) is 16.7. The Balaban J connectivity index is 1.00. The third-order valence-electron chi connectivity index (χ3n) is 14.2. The first-order valence-corrected chi connectivity index (χ1v) is 23.1. The minimum absolute atomic E-state index is 0.504. The summed E-state index contributed by atoms with van der Waals surface area (Å²) in [6.45, 7) is 4.48. The van der Waals surface area contributed by atoms with Crippen molar-refractivity contribution in [1.29, 1.82) is 0 Å². The highest BCUT2D eigenvalue weighted by molar-refractivity contribution is 7.26. The minimum atomic E-state index is -0.504. The Bertz CT molecular complexity index is 3890. The van der Waals surface area contributed by atoms with E-state index < -0.39 is 5.41 Å². The minimum Gasteiger partial charge on any atom is -0.309 e. The van der Waals surface area contributed by atoms with E-state index in [1.165, 1.54) is 125 Å². The number of nitrogens with zero attached hydrogens (tertiary/aromatic N) is 2. The van der Waals surface area contributed by atoms with Gasteiger partial charge in [-0.05, 0) is 124 Å². The lowest BCUT2D eigenvalue weighted by Gasteiger charge is -2.40. The molecule has 10 aromatic carbocycles. The summed E-state index contributed by atoms with van der Waals surface area (Å²) >= 11 is 1.88. The molecule has 3 heteroatoms. The summed E-state index contributed by atoms with van der Waals surface area (Å²) in [5, 5.41) is 7.67. The number of benzene rings is 10. The molecule has 2 aliphatic rings. The van der Waals surface area contributed by atoms with E-state index in [4.69, 9.17) is 0 Å². The average molecular weight is 833 g/mol. The maximum atomic E-state index is 2.56. The highest BCUT2D eigenvalue weighted by Gasteiger charge is 2.51. The van der Waals surface area contributed by atoms with Gasteiger partial charge in [0.05, 0.1) is 38.2 Å². The molecule has 3 heterocycles. The molecule has 2 nitrogen and oxygen atoms in total. The van der Waals surface area contributed by atoms with Crippen molar-refractivity contribution in [3.8, 4) is 27.9 Å². The predicted molar refractivity (Wildman–Crippen MR) is 272 cm³/mol. The molecule has 12 aromatic rings. The summed E-state index contributed by atoms with van der Waals surface area (Å²) < 4.78 is 5.15. The fourth-order valence-corrected chi connectivity index (χ4v) is 12.8. The molecule has 0 saturated heterocycles. The zero-order valence-electron chi connectivity index (χ0n) is 35.4. The lowest BCUT2D eigenvalue weighted by Crippen LogP contribution is -2.33. The zero-order chi connectivity index (χ0) is 42.3. The van der Waals surface area contributed by atoms with E-state index in [1.54, 1.807) is 0 Å². The number of anilines is 3. The summed E-state index contributed by atoms with van der Waals surface area (Å²) in [6.07, 6.45) is 0. The van der Waals surface area contributed by atoms with Crippen LogP contribution in [-0.4, -0.2) is 4.57 Å². The van der Waals surface area contributed by atoms with E-state index in [0.29, 0.717) is 0 Å². The first-order chi connectivity index (χ1) is 31.6. The molecule has 0 amide bonds. The summed E-state index contributed by atoms with van der Waals surface area (Å²) in [4.78, 5) is 2.47. The lowest BCUT2D eigenvalue weighted by molar-refractivity contribution is 0.748. The van der Waals surface area contributed by atoms with Gasteiger partial charge in [-0.2, -0.15) is 0 Å². The van der Waals surface area contributed by atoms with Gasteiger partial charge in [0.15, 0.2) is 0 Å². The molecule has 0 N–H and O–H groups in total. The Kier molecular flexibility index (Phi) is 7.36. The second kappa shape index (κ2) is 13.2. The summed E-state index contributed by atoms with van der Waals surface area (Å²) in [5.41, 5.74) is 19.7. The SMILES string of the molecule is Cc1ccc2c(c1)c1cc(C)cc3c1n2-c1ccc(-c2ccc(N(c4cccc5ccccc45)c4cccc5c4sc4ccccc45)cc2)cc1C31c2ccccc2-c2ccccc21. The van der Waals surface area contributed by atoms with Crippen molar-refractivity contribution in [2.24, 2.45) is 0 Å². The molecule has 0 unspecified atom stereocenters. The molecule has 1 spiro atoms. The second-order valence-electron chi connectivity index (χ2n) is 17.8. The quantitative estimate of drug-likeness (QED) is 0.171. The molecule has 64 heavy (non-hydrogen) atoms. The largest absolute Gasteiger partial charge is 0.309 e. The first kappa shape index (κ1) is 35.8. The third-order valence-corrected chi connectivity index (χ3v) is 15.5. The second-order valence-corrected chi connectivity index (χ2v) is 18.8. The Hall–Kier alpha value is -7.72. The number of thiophene rings is 1. The van der Waals surface area contributed by atoms with E-state index >= 15 is 0 Å². The van der Waals surface area contributed by atoms with Crippen molar-refractivity contribution < 1.29 is 0 Å². The van der Waals surface area contributed by atoms with E-state index in [0.717, 1.165) is 5.69 Å². The first-order valence-electron chi connectivity index (χ1n) is 22.2. The summed E-state index contributed by atoms with van der Waals surface area (Å²) in [6, 6.07) is 77.7.